The summed E-state index contributed by atoms with van der Waals surface area (Å²) in [6.45, 7) is 31.5. The van der Waals surface area contributed by atoms with Gasteiger partial charge in [-0.25, -0.2) is 0 Å². The van der Waals surface area contributed by atoms with E-state index in [4.69, 9.17) is 8.85 Å². The van der Waals surface area contributed by atoms with Gasteiger partial charge in [0.2, 0.25) is 0 Å². The lowest BCUT2D eigenvalue weighted by atomic mass is 9.68. The molecule has 2 aliphatic rings. The molecule has 0 bridgehead atoms. The Labute approximate surface area is 346 Å². The van der Waals surface area contributed by atoms with Gasteiger partial charge in [-0.1, -0.05) is 150 Å². The highest BCUT2D eigenvalue weighted by Gasteiger charge is 2.71. The molecule has 2 fully saturated rings. The zero-order valence-electron chi connectivity index (χ0n) is 38.0. The van der Waals surface area contributed by atoms with E-state index in [0.29, 0.717) is 19.1 Å². The Balaban J connectivity index is 1.41. The largest absolute Gasteiger partial charge is 0.413 e. The molecule has 0 spiro atoms. The maximum absolute atomic E-state index is 11.4. The minimum Gasteiger partial charge on any atom is -0.413 e. The molecule has 0 saturated heterocycles. The van der Waals surface area contributed by atoms with Gasteiger partial charge in [0.15, 0.2) is 8.32 Å². The summed E-state index contributed by atoms with van der Waals surface area (Å²) in [6.07, 6.45) is 20.2. The molecule has 56 heavy (non-hydrogen) atoms. The van der Waals surface area contributed by atoms with Gasteiger partial charge in [-0.15, -0.1) is 0 Å². The van der Waals surface area contributed by atoms with Gasteiger partial charge in [-0.05, 0) is 142 Å². The monoisotopic (exact) mass is 797 g/mol. The van der Waals surface area contributed by atoms with Gasteiger partial charge >= 0.3 is 0 Å². The van der Waals surface area contributed by atoms with E-state index in [1.54, 1.807) is 0 Å². The summed E-state index contributed by atoms with van der Waals surface area (Å²) >= 11 is 0. The fourth-order valence-corrected chi connectivity index (χ4v) is 14.8. The molecule has 2 aromatic carbocycles. The Hall–Kier alpha value is -2.29. The van der Waals surface area contributed by atoms with Crippen LogP contribution in [0.2, 0.25) is 23.2 Å². The molecule has 2 aliphatic carbocycles. The van der Waals surface area contributed by atoms with Crippen LogP contribution in [0.4, 0.5) is 0 Å². The predicted octanol–water partition coefficient (Wildman–Crippen LogP) is 13.3. The zero-order chi connectivity index (χ0) is 41.4. The Morgan fingerprint density at radius 1 is 0.732 bits per heavy atom. The number of hydrogen-bond donors (Lipinski definition) is 1. The van der Waals surface area contributed by atoms with Crippen molar-refractivity contribution >= 4 is 27.0 Å². The molecule has 4 rings (SSSR count). The first-order chi connectivity index (χ1) is 26.2. The highest BCUT2D eigenvalue weighted by molar-refractivity contribution is 6.99. The highest BCUT2D eigenvalue weighted by atomic mass is 28.4. The van der Waals surface area contributed by atoms with Crippen molar-refractivity contribution in [1.29, 1.82) is 0 Å². The standard InChI is InChI=1S/C51H80O3Si2/c1-40(2)22-20-24-43(38-54-56(49(8,9)10,45-26-16-14-17-27-45)46-28-18-15-19-29-46)25-21-23-41(3)30-31-44-32-33-47(52)51(39-50(44,51)11)36-34-42(4)35-37-53-55(12,13)48(5,6)7/h14-19,22,25-30,35,44,47,52H,20-21,23-24,31-34,36-39H2,1-13H3/b41-30+,42-35+,43-25-/t44-,47-,50+,51-/m0/s1. The van der Waals surface area contributed by atoms with E-state index in [-0.39, 0.29) is 27.0 Å². The molecule has 5 heteroatoms. The van der Waals surface area contributed by atoms with Crippen LogP contribution in [0.5, 0.6) is 0 Å². The quantitative estimate of drug-likeness (QED) is 0.114. The van der Waals surface area contributed by atoms with E-state index >= 15 is 0 Å². The molecule has 1 N–H and O–H groups in total. The normalized spacial score (nSPS) is 23.9. The number of rotatable bonds is 19. The van der Waals surface area contributed by atoms with Gasteiger partial charge < -0.3 is 14.0 Å². The van der Waals surface area contributed by atoms with Crippen molar-refractivity contribution in [3.63, 3.8) is 0 Å². The lowest BCUT2D eigenvalue weighted by Gasteiger charge is -2.43. The first-order valence-corrected chi connectivity index (χ1v) is 26.7. The average molecular weight is 797 g/mol. The molecule has 4 atom stereocenters. The van der Waals surface area contributed by atoms with Gasteiger partial charge in [0, 0.05) is 5.41 Å². The topological polar surface area (TPSA) is 38.7 Å². The molecule has 0 amide bonds. The number of aliphatic hydroxyl groups is 1. The van der Waals surface area contributed by atoms with Crippen LogP contribution in [0.15, 0.2) is 107 Å². The number of fused-ring (bicyclic) bond motifs is 1. The van der Waals surface area contributed by atoms with Crippen molar-refractivity contribution in [1.82, 2.24) is 0 Å². The number of benzene rings is 2. The van der Waals surface area contributed by atoms with E-state index in [0.717, 1.165) is 64.2 Å². The van der Waals surface area contributed by atoms with E-state index in [1.807, 2.05) is 0 Å². The Morgan fingerprint density at radius 3 is 1.86 bits per heavy atom. The second kappa shape index (κ2) is 19.2. The molecule has 0 heterocycles. The predicted molar refractivity (Wildman–Crippen MR) is 248 cm³/mol. The lowest BCUT2D eigenvalue weighted by molar-refractivity contribution is 0.00284. The third-order valence-corrected chi connectivity index (χ3v) is 23.8. The maximum Gasteiger partial charge on any atom is 0.261 e. The van der Waals surface area contributed by atoms with Crippen LogP contribution in [0, 0.1) is 16.7 Å². The van der Waals surface area contributed by atoms with Crippen molar-refractivity contribution in [2.75, 3.05) is 13.2 Å². The molecule has 0 unspecified atom stereocenters. The molecule has 2 aromatic rings. The van der Waals surface area contributed by atoms with Crippen LogP contribution < -0.4 is 10.4 Å². The fraction of sp³-hybridized carbons (Fsp3) is 0.608. The van der Waals surface area contributed by atoms with Crippen molar-refractivity contribution in [3.05, 3.63) is 107 Å². The number of allylic oxidation sites excluding steroid dienone is 6. The summed E-state index contributed by atoms with van der Waals surface area (Å²) in [6, 6.07) is 22.1. The summed E-state index contributed by atoms with van der Waals surface area (Å²) in [5.74, 6) is 0.641. The average Bonchev–Trinajstić information content (AvgIpc) is 3.77. The molecule has 0 aliphatic heterocycles. The van der Waals surface area contributed by atoms with Crippen LogP contribution in [-0.4, -0.2) is 41.1 Å². The van der Waals surface area contributed by atoms with Crippen LogP contribution >= 0.6 is 0 Å². The summed E-state index contributed by atoms with van der Waals surface area (Å²) in [5, 5.41) is 14.2. The van der Waals surface area contributed by atoms with Gasteiger partial charge in [0.25, 0.3) is 8.32 Å². The summed E-state index contributed by atoms with van der Waals surface area (Å²) in [7, 11) is -4.36. The van der Waals surface area contributed by atoms with E-state index < -0.39 is 16.6 Å². The van der Waals surface area contributed by atoms with Crippen molar-refractivity contribution < 1.29 is 14.0 Å². The van der Waals surface area contributed by atoms with E-state index in [9.17, 15) is 5.11 Å². The van der Waals surface area contributed by atoms with Gasteiger partial charge in [-0.2, -0.15) is 0 Å². The van der Waals surface area contributed by atoms with E-state index in [2.05, 4.69) is 174 Å². The minimum atomic E-state index is -2.61. The molecular weight excluding hydrogens is 717 g/mol. The Kier molecular flexibility index (Phi) is 15.9. The minimum absolute atomic E-state index is 0.0416. The fourth-order valence-electron chi connectivity index (χ4n) is 9.36. The summed E-state index contributed by atoms with van der Waals surface area (Å²) in [4.78, 5) is 0. The second-order valence-corrected chi connectivity index (χ2v) is 29.7. The SMILES string of the molecule is CC(C)=CCC/C(=C/CC/C(C)=C/C[C@H]1CC[C@H](O)[C@]2(CC/C(C)=C/CO[Si](C)(C)C(C)(C)C)C[C@]12C)CO[Si](c1ccccc1)(c1ccccc1)C(C)(C)C. The molecule has 0 aromatic heterocycles. The number of aliphatic hydroxyl groups excluding tert-OH is 1. The molecule has 2 saturated carbocycles. The van der Waals surface area contributed by atoms with E-state index in [1.165, 1.54) is 32.7 Å². The maximum atomic E-state index is 11.4. The molecule has 0 radical (unpaired) electrons. The molecular formula is C51H80O3Si2. The molecule has 3 nitrogen and oxygen atoms in total. The van der Waals surface area contributed by atoms with Crippen LogP contribution in [0.3, 0.4) is 0 Å². The van der Waals surface area contributed by atoms with Crippen LogP contribution in [0.1, 0.15) is 140 Å². The van der Waals surface area contributed by atoms with Gasteiger partial charge in [-0.3, -0.25) is 0 Å². The molecule has 310 valence electrons. The highest BCUT2D eigenvalue weighted by Crippen LogP contribution is 2.75. The smallest absolute Gasteiger partial charge is 0.261 e. The third-order valence-electron chi connectivity index (χ3n) is 14.3. The van der Waals surface area contributed by atoms with Crippen LogP contribution in [-0.2, 0) is 8.85 Å². The van der Waals surface area contributed by atoms with Gasteiger partial charge in [0.1, 0.15) is 0 Å². The lowest BCUT2D eigenvalue weighted by Crippen LogP contribution is -2.66. The summed E-state index contributed by atoms with van der Waals surface area (Å²) < 4.78 is 13.8. The number of hydrogen-bond acceptors (Lipinski definition) is 3. The van der Waals surface area contributed by atoms with Crippen molar-refractivity contribution in [2.24, 2.45) is 16.7 Å². The second-order valence-electron chi connectivity index (χ2n) is 20.6. The van der Waals surface area contributed by atoms with Crippen molar-refractivity contribution in [3.8, 4) is 0 Å². The first-order valence-electron chi connectivity index (χ1n) is 21.9. The van der Waals surface area contributed by atoms with Crippen LogP contribution in [0.25, 0.3) is 0 Å². The summed E-state index contributed by atoms with van der Waals surface area (Å²) in [5.41, 5.74) is 5.98. The Morgan fingerprint density at radius 2 is 1.30 bits per heavy atom. The first kappa shape index (κ1) is 46.4. The van der Waals surface area contributed by atoms with Crippen molar-refractivity contribution in [2.45, 2.75) is 170 Å². The third kappa shape index (κ3) is 11.0. The zero-order valence-corrected chi connectivity index (χ0v) is 40.0. The Bertz CT molecular complexity index is 1630. The van der Waals surface area contributed by atoms with Gasteiger partial charge in [0.05, 0.1) is 19.3 Å².